The molecule has 5 aromatic rings. The molecule has 9 heteroatoms. The molecule has 0 amide bonds. The maximum absolute atomic E-state index is 12.9. The van der Waals surface area contributed by atoms with Crippen LogP contribution in [0.15, 0.2) is 69.8 Å². The van der Waals surface area contributed by atoms with Crippen LogP contribution in [0.5, 0.6) is 0 Å². The summed E-state index contributed by atoms with van der Waals surface area (Å²) in [5, 5.41) is 20.2. The Morgan fingerprint density at radius 3 is 2.77 bits per heavy atom. The first-order valence-corrected chi connectivity index (χ1v) is 10.6. The largest absolute Gasteiger partial charge is 0.297 e. The van der Waals surface area contributed by atoms with Crippen LogP contribution in [0.25, 0.3) is 22.2 Å². The molecular weight excluding hydrogens is 410 g/mol. The number of fused-ring (bicyclic) bond motifs is 1. The average Bonchev–Trinajstić information content (AvgIpc) is 3.45. The molecular formula is C22H19N7OS. The molecule has 0 unspecified atom stereocenters. The van der Waals surface area contributed by atoms with Crippen LogP contribution in [0.2, 0.25) is 0 Å². The van der Waals surface area contributed by atoms with Crippen LogP contribution in [-0.2, 0) is 6.54 Å². The van der Waals surface area contributed by atoms with E-state index in [0.717, 1.165) is 32.0 Å². The van der Waals surface area contributed by atoms with E-state index in [4.69, 9.17) is 4.98 Å². The number of aromatic amines is 2. The Kier molecular flexibility index (Phi) is 4.79. The van der Waals surface area contributed by atoms with Crippen molar-refractivity contribution in [3.05, 3.63) is 80.7 Å². The van der Waals surface area contributed by atoms with E-state index in [2.05, 4.69) is 25.5 Å². The number of hydrogen-bond donors (Lipinski definition) is 2. The molecule has 2 N–H and O–H groups in total. The standard InChI is InChI=1S/C22H19N7OS/c1-13-20(27-25-17-8-9-18-16(10-17)11-23-26-18)22(30)29(28-13)12-19-24-21(14(2)31-19)15-6-4-3-5-7-15/h3-11,28H,12H2,1-2H3,(H,23,26). The highest BCUT2D eigenvalue weighted by molar-refractivity contribution is 7.12. The fourth-order valence-electron chi connectivity index (χ4n) is 3.44. The smallest absolute Gasteiger partial charge is 0.294 e. The number of benzene rings is 2. The number of rotatable bonds is 5. The van der Waals surface area contributed by atoms with Crippen molar-refractivity contribution in [3.63, 3.8) is 0 Å². The molecule has 0 aliphatic heterocycles. The number of aryl methyl sites for hydroxylation is 2. The number of azo groups is 1. The summed E-state index contributed by atoms with van der Waals surface area (Å²) < 4.78 is 1.52. The SMILES string of the molecule is Cc1[nH]n(Cc2nc(-c3ccccc3)c(C)s2)c(=O)c1N=Nc1ccc2[nH]ncc2c1. The second-order valence-corrected chi connectivity index (χ2v) is 8.48. The topological polar surface area (TPSA) is 104 Å². The van der Waals surface area contributed by atoms with Crippen LogP contribution in [0.4, 0.5) is 11.4 Å². The first-order chi connectivity index (χ1) is 15.1. The van der Waals surface area contributed by atoms with Gasteiger partial charge in [0, 0.05) is 15.8 Å². The van der Waals surface area contributed by atoms with Gasteiger partial charge in [0.2, 0.25) is 0 Å². The van der Waals surface area contributed by atoms with E-state index in [1.807, 2.05) is 62.4 Å². The van der Waals surface area contributed by atoms with Crippen molar-refractivity contribution >= 4 is 33.6 Å². The summed E-state index contributed by atoms with van der Waals surface area (Å²) in [5.74, 6) is 0. The summed E-state index contributed by atoms with van der Waals surface area (Å²) in [7, 11) is 0. The van der Waals surface area contributed by atoms with Gasteiger partial charge in [0.05, 0.1) is 35.3 Å². The number of nitrogens with zero attached hydrogens (tertiary/aromatic N) is 5. The molecule has 0 fully saturated rings. The number of hydrogen-bond acceptors (Lipinski definition) is 6. The minimum atomic E-state index is -0.222. The number of aromatic nitrogens is 5. The van der Waals surface area contributed by atoms with E-state index in [-0.39, 0.29) is 5.56 Å². The summed E-state index contributed by atoms with van der Waals surface area (Å²) in [4.78, 5) is 18.8. The summed E-state index contributed by atoms with van der Waals surface area (Å²) in [6.45, 7) is 4.21. The molecule has 3 heterocycles. The second-order valence-electron chi connectivity index (χ2n) is 7.20. The Morgan fingerprint density at radius 1 is 1.10 bits per heavy atom. The minimum Gasteiger partial charge on any atom is -0.297 e. The van der Waals surface area contributed by atoms with Gasteiger partial charge in [-0.1, -0.05) is 30.3 Å². The zero-order valence-electron chi connectivity index (χ0n) is 17.0. The van der Waals surface area contributed by atoms with Crippen LogP contribution < -0.4 is 5.56 Å². The fourth-order valence-corrected chi connectivity index (χ4v) is 4.39. The third-order valence-electron chi connectivity index (χ3n) is 4.98. The molecule has 31 heavy (non-hydrogen) atoms. The highest BCUT2D eigenvalue weighted by Crippen LogP contribution is 2.28. The zero-order valence-corrected chi connectivity index (χ0v) is 17.8. The molecule has 154 valence electrons. The maximum atomic E-state index is 12.9. The van der Waals surface area contributed by atoms with Gasteiger partial charge in [0.1, 0.15) is 5.01 Å². The molecule has 5 rings (SSSR count). The number of H-pyrrole nitrogens is 2. The molecule has 3 aromatic heterocycles. The molecule has 0 aliphatic rings. The molecule has 8 nitrogen and oxygen atoms in total. The van der Waals surface area contributed by atoms with Crippen molar-refractivity contribution in [1.29, 1.82) is 0 Å². The Hall–Kier alpha value is -3.85. The molecule has 0 radical (unpaired) electrons. The highest BCUT2D eigenvalue weighted by atomic mass is 32.1. The van der Waals surface area contributed by atoms with Crippen LogP contribution in [0.1, 0.15) is 15.6 Å². The van der Waals surface area contributed by atoms with Crippen LogP contribution in [0.3, 0.4) is 0 Å². The van der Waals surface area contributed by atoms with Gasteiger partial charge in [0.25, 0.3) is 5.56 Å². The van der Waals surface area contributed by atoms with Crippen molar-refractivity contribution in [1.82, 2.24) is 25.0 Å². The van der Waals surface area contributed by atoms with Gasteiger partial charge in [-0.25, -0.2) is 9.67 Å². The Morgan fingerprint density at radius 2 is 1.94 bits per heavy atom. The molecule has 0 atom stereocenters. The van der Waals surface area contributed by atoms with E-state index in [0.29, 0.717) is 23.6 Å². The zero-order chi connectivity index (χ0) is 21.4. The van der Waals surface area contributed by atoms with Crippen LogP contribution in [0, 0.1) is 13.8 Å². The molecule has 0 spiro atoms. The van der Waals surface area contributed by atoms with Crippen molar-refractivity contribution in [2.24, 2.45) is 10.2 Å². The first kappa shape index (κ1) is 19.1. The van der Waals surface area contributed by atoms with E-state index in [1.54, 1.807) is 17.5 Å². The Labute approximate surface area is 181 Å². The number of nitrogens with one attached hydrogen (secondary N) is 2. The van der Waals surface area contributed by atoms with Gasteiger partial charge in [-0.15, -0.1) is 16.5 Å². The van der Waals surface area contributed by atoms with Crippen molar-refractivity contribution in [2.45, 2.75) is 20.4 Å². The quantitative estimate of drug-likeness (QED) is 0.373. The van der Waals surface area contributed by atoms with Crippen LogP contribution >= 0.6 is 11.3 Å². The van der Waals surface area contributed by atoms with E-state index in [1.165, 1.54) is 4.68 Å². The van der Waals surface area contributed by atoms with Gasteiger partial charge < -0.3 is 0 Å². The molecule has 0 bridgehead atoms. The molecule has 2 aromatic carbocycles. The average molecular weight is 430 g/mol. The lowest BCUT2D eigenvalue weighted by molar-refractivity contribution is 0.655. The third kappa shape index (κ3) is 3.71. The summed E-state index contributed by atoms with van der Waals surface area (Å²) in [5.41, 5.74) is 4.34. The van der Waals surface area contributed by atoms with Crippen molar-refractivity contribution < 1.29 is 0 Å². The Balaban J connectivity index is 1.41. The van der Waals surface area contributed by atoms with Gasteiger partial charge in [-0.05, 0) is 32.0 Å². The predicted octanol–water partition coefficient (Wildman–Crippen LogP) is 5.26. The maximum Gasteiger partial charge on any atom is 0.294 e. The highest BCUT2D eigenvalue weighted by Gasteiger charge is 2.15. The lowest BCUT2D eigenvalue weighted by Gasteiger charge is -1.98. The number of thiazole rings is 1. The normalized spacial score (nSPS) is 11.7. The minimum absolute atomic E-state index is 0.222. The van der Waals surface area contributed by atoms with Gasteiger partial charge in [0.15, 0.2) is 5.69 Å². The molecule has 0 saturated carbocycles. The van der Waals surface area contributed by atoms with Gasteiger partial charge >= 0.3 is 0 Å². The predicted molar refractivity (Wildman–Crippen MR) is 121 cm³/mol. The van der Waals surface area contributed by atoms with E-state index >= 15 is 0 Å². The van der Waals surface area contributed by atoms with Crippen LogP contribution in [-0.4, -0.2) is 25.0 Å². The van der Waals surface area contributed by atoms with E-state index < -0.39 is 0 Å². The lowest BCUT2D eigenvalue weighted by Crippen LogP contribution is -2.17. The first-order valence-electron chi connectivity index (χ1n) is 9.74. The third-order valence-corrected chi connectivity index (χ3v) is 5.93. The molecule has 0 aliphatic carbocycles. The van der Waals surface area contributed by atoms with Gasteiger partial charge in [-0.2, -0.15) is 10.2 Å². The summed E-state index contributed by atoms with van der Waals surface area (Å²) in [6.07, 6.45) is 1.72. The monoisotopic (exact) mass is 429 g/mol. The Bertz CT molecular complexity index is 1460. The lowest BCUT2D eigenvalue weighted by atomic mass is 10.1. The summed E-state index contributed by atoms with van der Waals surface area (Å²) >= 11 is 1.59. The summed E-state index contributed by atoms with van der Waals surface area (Å²) in [6, 6.07) is 15.6. The molecule has 0 saturated heterocycles. The van der Waals surface area contributed by atoms with Crippen molar-refractivity contribution in [2.75, 3.05) is 0 Å². The van der Waals surface area contributed by atoms with Gasteiger partial charge in [-0.3, -0.25) is 15.0 Å². The second kappa shape index (κ2) is 7.77. The van der Waals surface area contributed by atoms with E-state index in [9.17, 15) is 4.79 Å². The van der Waals surface area contributed by atoms with Crippen molar-refractivity contribution in [3.8, 4) is 11.3 Å². The fraction of sp³-hybridized carbons (Fsp3) is 0.136.